The lowest BCUT2D eigenvalue weighted by Crippen LogP contribution is -2.07. The van der Waals surface area contributed by atoms with Crippen LogP contribution in [-0.4, -0.2) is 14.2 Å². The fraction of sp³-hybridized carbons (Fsp3) is 0.250. The number of methoxy groups -OCH3 is 2. The number of rotatable bonds is 6. The second-order valence-corrected chi connectivity index (χ2v) is 6.60. The molecule has 0 spiro atoms. The Morgan fingerprint density at radius 1 is 0.577 bits per heavy atom. The molecule has 2 unspecified atom stereocenters. The smallest absolute Gasteiger partial charge is 0.161 e. The predicted octanol–water partition coefficient (Wildman–Crippen LogP) is 6.01. The van der Waals surface area contributed by atoms with E-state index in [1.807, 2.05) is 0 Å². The molecule has 0 aromatic heterocycles. The van der Waals surface area contributed by atoms with Crippen molar-refractivity contribution in [2.75, 3.05) is 14.2 Å². The van der Waals surface area contributed by atoms with E-state index in [-0.39, 0.29) is 11.8 Å². The van der Waals surface area contributed by atoms with Gasteiger partial charge in [0.25, 0.3) is 0 Å². The molecule has 0 fully saturated rings. The van der Waals surface area contributed by atoms with Crippen molar-refractivity contribution in [2.45, 2.75) is 25.7 Å². The quantitative estimate of drug-likeness (QED) is 0.544. The summed E-state index contributed by atoms with van der Waals surface area (Å²) in [5, 5.41) is 0. The maximum absolute atomic E-state index is 5.58. The lowest BCUT2D eigenvalue weighted by atomic mass is 9.82. The maximum Gasteiger partial charge on any atom is 0.161 e. The van der Waals surface area contributed by atoms with Gasteiger partial charge >= 0.3 is 0 Å². The standard InChI is InChI=1S/C24H26O2/c1-17(19-11-7-5-8-12-19)21-15-23(25-3)24(26-4)16-22(21)18(2)20-13-9-6-10-14-20/h5-18H,1-4H3. The van der Waals surface area contributed by atoms with Gasteiger partial charge in [-0.2, -0.15) is 0 Å². The van der Waals surface area contributed by atoms with Crippen LogP contribution in [0, 0.1) is 0 Å². The first-order chi connectivity index (χ1) is 12.7. The monoisotopic (exact) mass is 346 g/mol. The summed E-state index contributed by atoms with van der Waals surface area (Å²) in [6, 6.07) is 25.4. The van der Waals surface area contributed by atoms with Crippen molar-refractivity contribution >= 4 is 0 Å². The summed E-state index contributed by atoms with van der Waals surface area (Å²) in [4.78, 5) is 0. The summed E-state index contributed by atoms with van der Waals surface area (Å²) >= 11 is 0. The van der Waals surface area contributed by atoms with Crippen LogP contribution in [0.5, 0.6) is 11.5 Å². The Morgan fingerprint density at radius 3 is 1.23 bits per heavy atom. The summed E-state index contributed by atoms with van der Waals surface area (Å²) in [6.45, 7) is 4.50. The third-order valence-electron chi connectivity index (χ3n) is 5.12. The Balaban J connectivity index is 2.14. The van der Waals surface area contributed by atoms with Crippen molar-refractivity contribution < 1.29 is 9.47 Å². The average Bonchev–Trinajstić information content (AvgIpc) is 2.73. The van der Waals surface area contributed by atoms with Crippen molar-refractivity contribution in [3.8, 4) is 11.5 Å². The van der Waals surface area contributed by atoms with Crippen molar-refractivity contribution in [1.82, 2.24) is 0 Å². The Morgan fingerprint density at radius 2 is 0.923 bits per heavy atom. The highest BCUT2D eigenvalue weighted by Crippen LogP contribution is 2.40. The zero-order valence-electron chi connectivity index (χ0n) is 15.9. The summed E-state index contributed by atoms with van der Waals surface area (Å²) in [6.07, 6.45) is 0. The van der Waals surface area contributed by atoms with Gasteiger partial charge in [-0.15, -0.1) is 0 Å². The third kappa shape index (κ3) is 3.60. The minimum absolute atomic E-state index is 0.261. The molecular weight excluding hydrogens is 320 g/mol. The number of benzene rings is 3. The molecule has 0 bridgehead atoms. The molecule has 134 valence electrons. The van der Waals surface area contributed by atoms with Gasteiger partial charge in [-0.3, -0.25) is 0 Å². The van der Waals surface area contributed by atoms with Crippen molar-refractivity contribution in [3.63, 3.8) is 0 Å². The van der Waals surface area contributed by atoms with E-state index in [0.717, 1.165) is 11.5 Å². The van der Waals surface area contributed by atoms with Crippen LogP contribution >= 0.6 is 0 Å². The van der Waals surface area contributed by atoms with E-state index in [1.165, 1.54) is 22.3 Å². The average molecular weight is 346 g/mol. The van der Waals surface area contributed by atoms with E-state index >= 15 is 0 Å². The molecule has 26 heavy (non-hydrogen) atoms. The lowest BCUT2D eigenvalue weighted by molar-refractivity contribution is 0.353. The largest absolute Gasteiger partial charge is 0.493 e. The first-order valence-electron chi connectivity index (χ1n) is 9.01. The topological polar surface area (TPSA) is 18.5 Å². The molecule has 0 aliphatic carbocycles. The molecular formula is C24H26O2. The molecule has 0 amide bonds. The molecule has 0 aliphatic heterocycles. The molecule has 0 aliphatic rings. The highest BCUT2D eigenvalue weighted by atomic mass is 16.5. The molecule has 0 radical (unpaired) electrons. The highest BCUT2D eigenvalue weighted by molar-refractivity contribution is 5.53. The van der Waals surface area contributed by atoms with Gasteiger partial charge in [-0.25, -0.2) is 0 Å². The molecule has 3 aromatic carbocycles. The van der Waals surface area contributed by atoms with E-state index < -0.39 is 0 Å². The third-order valence-corrected chi connectivity index (χ3v) is 5.12. The Bertz CT molecular complexity index is 768. The van der Waals surface area contributed by atoms with Crippen LogP contribution in [0.4, 0.5) is 0 Å². The molecule has 3 aromatic rings. The van der Waals surface area contributed by atoms with E-state index in [9.17, 15) is 0 Å². The number of hydrogen-bond donors (Lipinski definition) is 0. The first kappa shape index (κ1) is 18.1. The van der Waals surface area contributed by atoms with Crippen LogP contribution in [0.3, 0.4) is 0 Å². The molecule has 3 rings (SSSR count). The zero-order valence-corrected chi connectivity index (χ0v) is 15.9. The van der Waals surface area contributed by atoms with E-state index in [0.29, 0.717) is 0 Å². The van der Waals surface area contributed by atoms with Gasteiger partial charge in [0.15, 0.2) is 11.5 Å². The van der Waals surface area contributed by atoms with Crippen LogP contribution in [0.25, 0.3) is 0 Å². The number of hydrogen-bond acceptors (Lipinski definition) is 2. The number of ether oxygens (including phenoxy) is 2. The predicted molar refractivity (Wildman–Crippen MR) is 107 cm³/mol. The van der Waals surface area contributed by atoms with Crippen LogP contribution in [0.2, 0.25) is 0 Å². The first-order valence-corrected chi connectivity index (χ1v) is 9.01. The van der Waals surface area contributed by atoms with Gasteiger partial charge in [0, 0.05) is 11.8 Å². The maximum atomic E-state index is 5.58. The molecule has 0 heterocycles. The van der Waals surface area contributed by atoms with Crippen LogP contribution < -0.4 is 9.47 Å². The van der Waals surface area contributed by atoms with E-state index in [2.05, 4.69) is 86.6 Å². The lowest BCUT2D eigenvalue weighted by Gasteiger charge is -2.24. The second-order valence-electron chi connectivity index (χ2n) is 6.60. The summed E-state index contributed by atoms with van der Waals surface area (Å²) < 4.78 is 11.2. The Hall–Kier alpha value is -2.74. The SMILES string of the molecule is COc1cc(C(C)c2ccccc2)c(C(C)c2ccccc2)cc1OC. The van der Waals surface area contributed by atoms with Gasteiger partial charge in [0.05, 0.1) is 14.2 Å². The van der Waals surface area contributed by atoms with Crippen LogP contribution in [0.1, 0.15) is 47.9 Å². The summed E-state index contributed by atoms with van der Waals surface area (Å²) in [5.74, 6) is 2.07. The summed E-state index contributed by atoms with van der Waals surface area (Å²) in [5.41, 5.74) is 5.12. The minimum Gasteiger partial charge on any atom is -0.493 e. The van der Waals surface area contributed by atoms with Crippen LogP contribution in [0.15, 0.2) is 72.8 Å². The molecule has 2 nitrogen and oxygen atoms in total. The fourth-order valence-corrected chi connectivity index (χ4v) is 3.50. The minimum atomic E-state index is 0.261. The van der Waals surface area contributed by atoms with Gasteiger partial charge in [0.2, 0.25) is 0 Å². The van der Waals surface area contributed by atoms with Gasteiger partial charge in [0.1, 0.15) is 0 Å². The normalized spacial score (nSPS) is 13.1. The summed E-state index contributed by atoms with van der Waals surface area (Å²) in [7, 11) is 3.38. The molecule has 0 saturated heterocycles. The van der Waals surface area contributed by atoms with Gasteiger partial charge in [-0.1, -0.05) is 74.5 Å². The van der Waals surface area contributed by atoms with Crippen molar-refractivity contribution in [1.29, 1.82) is 0 Å². The Labute approximate surface area is 156 Å². The van der Waals surface area contributed by atoms with Crippen molar-refractivity contribution in [2.24, 2.45) is 0 Å². The van der Waals surface area contributed by atoms with Crippen LogP contribution in [-0.2, 0) is 0 Å². The van der Waals surface area contributed by atoms with E-state index in [1.54, 1.807) is 14.2 Å². The second kappa shape index (κ2) is 8.09. The molecule has 0 N–H and O–H groups in total. The van der Waals surface area contributed by atoms with E-state index in [4.69, 9.17) is 9.47 Å². The zero-order chi connectivity index (χ0) is 18.5. The highest BCUT2D eigenvalue weighted by Gasteiger charge is 2.21. The molecule has 2 atom stereocenters. The van der Waals surface area contributed by atoms with Gasteiger partial charge < -0.3 is 9.47 Å². The van der Waals surface area contributed by atoms with Crippen molar-refractivity contribution in [3.05, 3.63) is 95.1 Å². The van der Waals surface area contributed by atoms with Gasteiger partial charge in [-0.05, 0) is 34.4 Å². The fourth-order valence-electron chi connectivity index (χ4n) is 3.50. The molecule has 2 heteroatoms. The Kier molecular flexibility index (Phi) is 5.62. The molecule has 0 saturated carbocycles.